The van der Waals surface area contributed by atoms with Crippen LogP contribution in [0.3, 0.4) is 0 Å². The number of hydrogen-bond acceptors (Lipinski definition) is 7. The quantitative estimate of drug-likeness (QED) is 0.514. The van der Waals surface area contributed by atoms with E-state index in [1.807, 2.05) is 54.6 Å². The van der Waals surface area contributed by atoms with Crippen LogP contribution in [-0.4, -0.2) is 20.2 Å². The molecule has 0 spiro atoms. The number of rotatable bonds is 5. The van der Waals surface area contributed by atoms with Crippen LogP contribution in [0.25, 0.3) is 10.9 Å². The summed E-state index contributed by atoms with van der Waals surface area (Å²) >= 11 is 1.31. The van der Waals surface area contributed by atoms with Crippen LogP contribution in [0.5, 0.6) is 5.75 Å². The van der Waals surface area contributed by atoms with Crippen LogP contribution in [0, 0.1) is 0 Å². The molecule has 0 atom stereocenters. The lowest BCUT2D eigenvalue weighted by molar-refractivity contribution is 0.252. The highest BCUT2D eigenvalue weighted by Crippen LogP contribution is 2.30. The predicted octanol–water partition coefficient (Wildman–Crippen LogP) is 3.74. The number of nitrogens with zero attached hydrogens (tertiary/aromatic N) is 4. The third kappa shape index (κ3) is 3.21. The molecule has 4 aromatic rings. The second-order valence-corrected chi connectivity index (χ2v) is 5.80. The Morgan fingerprint density at radius 2 is 1.75 bits per heavy atom. The Balaban J connectivity index is 1.49. The van der Waals surface area contributed by atoms with Gasteiger partial charge in [-0.05, 0) is 30.0 Å². The highest BCUT2D eigenvalue weighted by Gasteiger charge is 2.12. The lowest BCUT2D eigenvalue weighted by Crippen LogP contribution is -1.95. The summed E-state index contributed by atoms with van der Waals surface area (Å²) in [5, 5.41) is 10.2. The van der Waals surface area contributed by atoms with Gasteiger partial charge in [-0.15, -0.1) is 10.2 Å². The summed E-state index contributed by atoms with van der Waals surface area (Å²) < 4.78 is 11.2. The van der Waals surface area contributed by atoms with E-state index >= 15 is 0 Å². The van der Waals surface area contributed by atoms with E-state index < -0.39 is 0 Å². The van der Waals surface area contributed by atoms with Crippen molar-refractivity contribution in [3.8, 4) is 5.75 Å². The molecular formula is C17H12N4O2S. The lowest BCUT2D eigenvalue weighted by atomic mass is 10.2. The zero-order chi connectivity index (χ0) is 16.2. The van der Waals surface area contributed by atoms with E-state index in [4.69, 9.17) is 9.15 Å². The van der Waals surface area contributed by atoms with Crippen molar-refractivity contribution in [1.82, 2.24) is 20.2 Å². The molecule has 118 valence electrons. The Kier molecular flexibility index (Phi) is 4.07. The fraction of sp³-hybridized carbons (Fsp3) is 0.0588. The van der Waals surface area contributed by atoms with Gasteiger partial charge in [0.05, 0.1) is 5.52 Å². The van der Waals surface area contributed by atoms with Gasteiger partial charge in [0.2, 0.25) is 0 Å². The van der Waals surface area contributed by atoms with E-state index in [-0.39, 0.29) is 6.61 Å². The molecule has 0 N–H and O–H groups in total. The van der Waals surface area contributed by atoms with Gasteiger partial charge in [0.25, 0.3) is 11.1 Å². The van der Waals surface area contributed by atoms with E-state index in [9.17, 15) is 0 Å². The summed E-state index contributed by atoms with van der Waals surface area (Å²) in [4.78, 5) is 8.54. The van der Waals surface area contributed by atoms with Gasteiger partial charge in [-0.25, -0.2) is 9.97 Å². The topological polar surface area (TPSA) is 73.9 Å². The normalized spacial score (nSPS) is 10.8. The maximum Gasteiger partial charge on any atom is 0.283 e. The number of benzene rings is 2. The maximum absolute atomic E-state index is 5.61. The summed E-state index contributed by atoms with van der Waals surface area (Å²) in [6.45, 7) is 0.224. The van der Waals surface area contributed by atoms with E-state index in [1.54, 1.807) is 0 Å². The standard InChI is InChI=1S/C17H12N4O2S/c1-2-6-12(7-3-1)22-10-15-20-21-17(23-15)24-16-13-8-4-5-9-14(13)18-11-19-16/h1-9,11H,10H2. The average molecular weight is 336 g/mol. The molecule has 0 unspecified atom stereocenters. The van der Waals surface area contributed by atoms with Crippen LogP contribution in [-0.2, 0) is 6.61 Å². The summed E-state index contributed by atoms with van der Waals surface area (Å²) in [6.07, 6.45) is 1.53. The maximum atomic E-state index is 5.61. The molecule has 0 fully saturated rings. The zero-order valence-electron chi connectivity index (χ0n) is 12.5. The van der Waals surface area contributed by atoms with E-state index in [2.05, 4.69) is 20.2 Å². The second kappa shape index (κ2) is 6.67. The number of hydrogen-bond donors (Lipinski definition) is 0. The van der Waals surface area contributed by atoms with Crippen molar-refractivity contribution < 1.29 is 9.15 Å². The van der Waals surface area contributed by atoms with Crippen LogP contribution in [0.15, 0.2) is 75.6 Å². The first-order chi connectivity index (χ1) is 11.9. The van der Waals surface area contributed by atoms with E-state index in [1.165, 1.54) is 18.1 Å². The van der Waals surface area contributed by atoms with Crippen molar-refractivity contribution in [3.05, 3.63) is 66.8 Å². The monoisotopic (exact) mass is 336 g/mol. The number of para-hydroxylation sites is 2. The third-order valence-electron chi connectivity index (χ3n) is 3.24. The summed E-state index contributed by atoms with van der Waals surface area (Å²) in [6, 6.07) is 17.3. The fourth-order valence-electron chi connectivity index (χ4n) is 2.14. The van der Waals surface area contributed by atoms with Gasteiger partial charge in [0.1, 0.15) is 17.1 Å². The zero-order valence-corrected chi connectivity index (χ0v) is 13.3. The first-order valence-electron chi connectivity index (χ1n) is 7.26. The molecule has 0 amide bonds. The van der Waals surface area contributed by atoms with Gasteiger partial charge in [-0.2, -0.15) is 0 Å². The number of fused-ring (bicyclic) bond motifs is 1. The van der Waals surface area contributed by atoms with Crippen LogP contribution >= 0.6 is 11.8 Å². The molecule has 0 bridgehead atoms. The number of ether oxygens (including phenoxy) is 1. The van der Waals surface area contributed by atoms with Crippen molar-refractivity contribution in [3.63, 3.8) is 0 Å². The average Bonchev–Trinajstić information content (AvgIpc) is 3.09. The minimum atomic E-state index is 0.224. The molecule has 24 heavy (non-hydrogen) atoms. The van der Waals surface area contributed by atoms with Gasteiger partial charge in [-0.3, -0.25) is 0 Å². The molecular weight excluding hydrogens is 324 g/mol. The highest BCUT2D eigenvalue weighted by atomic mass is 32.2. The Morgan fingerprint density at radius 1 is 0.917 bits per heavy atom. The van der Waals surface area contributed by atoms with Gasteiger partial charge in [-0.1, -0.05) is 36.4 Å². The third-order valence-corrected chi connectivity index (χ3v) is 4.10. The molecule has 0 saturated heterocycles. The summed E-state index contributed by atoms with van der Waals surface area (Å²) in [5.74, 6) is 1.17. The van der Waals surface area contributed by atoms with Crippen molar-refractivity contribution in [2.75, 3.05) is 0 Å². The van der Waals surface area contributed by atoms with E-state index in [0.717, 1.165) is 21.7 Å². The minimum absolute atomic E-state index is 0.224. The summed E-state index contributed by atoms with van der Waals surface area (Å²) in [7, 11) is 0. The van der Waals surface area contributed by atoms with Gasteiger partial charge < -0.3 is 9.15 Å². The second-order valence-electron chi connectivity index (χ2n) is 4.86. The summed E-state index contributed by atoms with van der Waals surface area (Å²) in [5.41, 5.74) is 0.877. The fourth-order valence-corrected chi connectivity index (χ4v) is 2.91. The molecule has 2 aromatic carbocycles. The van der Waals surface area contributed by atoms with E-state index in [0.29, 0.717) is 11.1 Å². The Labute approximate surface area is 141 Å². The smallest absolute Gasteiger partial charge is 0.283 e. The lowest BCUT2D eigenvalue weighted by Gasteiger charge is -2.02. The molecule has 2 aromatic heterocycles. The van der Waals surface area contributed by atoms with Crippen LogP contribution in [0.4, 0.5) is 0 Å². The van der Waals surface area contributed by atoms with Crippen molar-refractivity contribution >= 4 is 22.7 Å². The Morgan fingerprint density at radius 3 is 2.67 bits per heavy atom. The molecule has 2 heterocycles. The van der Waals surface area contributed by atoms with Crippen LogP contribution in [0.2, 0.25) is 0 Å². The van der Waals surface area contributed by atoms with Crippen LogP contribution in [0.1, 0.15) is 5.89 Å². The predicted molar refractivity (Wildman–Crippen MR) is 88.7 cm³/mol. The molecule has 6 nitrogen and oxygen atoms in total. The first kappa shape index (κ1) is 14.6. The van der Waals surface area contributed by atoms with Crippen molar-refractivity contribution in [2.45, 2.75) is 16.9 Å². The van der Waals surface area contributed by atoms with Gasteiger partial charge in [0.15, 0.2) is 6.61 Å². The molecule has 0 saturated carbocycles. The Hall–Kier alpha value is -2.93. The van der Waals surface area contributed by atoms with Crippen LogP contribution < -0.4 is 4.74 Å². The molecule has 0 aliphatic carbocycles. The van der Waals surface area contributed by atoms with Gasteiger partial charge in [0, 0.05) is 5.39 Å². The van der Waals surface area contributed by atoms with Gasteiger partial charge >= 0.3 is 0 Å². The Bertz CT molecular complexity index is 954. The number of aromatic nitrogens is 4. The molecule has 0 radical (unpaired) electrons. The van der Waals surface area contributed by atoms with Crippen molar-refractivity contribution in [2.24, 2.45) is 0 Å². The highest BCUT2D eigenvalue weighted by molar-refractivity contribution is 7.99. The molecule has 4 rings (SSSR count). The first-order valence-corrected chi connectivity index (χ1v) is 8.08. The van der Waals surface area contributed by atoms with Crippen molar-refractivity contribution in [1.29, 1.82) is 0 Å². The molecule has 0 aliphatic heterocycles. The molecule has 7 heteroatoms. The molecule has 0 aliphatic rings. The minimum Gasteiger partial charge on any atom is -0.484 e. The largest absolute Gasteiger partial charge is 0.484 e. The SMILES string of the molecule is c1ccc(OCc2nnc(Sc3ncnc4ccccc34)o2)cc1.